The van der Waals surface area contributed by atoms with E-state index in [-0.39, 0.29) is 11.8 Å². The number of amides is 1. The van der Waals surface area contributed by atoms with Gasteiger partial charge in [-0.15, -0.1) is 0 Å². The molecule has 26 heavy (non-hydrogen) atoms. The van der Waals surface area contributed by atoms with Crippen molar-refractivity contribution in [2.45, 2.75) is 39.2 Å². The van der Waals surface area contributed by atoms with E-state index in [1.54, 1.807) is 6.20 Å². The molecule has 138 valence electrons. The zero-order valence-corrected chi connectivity index (χ0v) is 15.9. The van der Waals surface area contributed by atoms with Crippen molar-refractivity contribution in [3.8, 4) is 0 Å². The Balaban J connectivity index is 1.48. The van der Waals surface area contributed by atoms with Gasteiger partial charge in [-0.05, 0) is 45.5 Å². The van der Waals surface area contributed by atoms with Gasteiger partial charge in [-0.3, -0.25) is 9.78 Å². The first kappa shape index (κ1) is 18.5. The molecule has 1 amide bonds. The van der Waals surface area contributed by atoms with Gasteiger partial charge in [-0.2, -0.15) is 0 Å². The first-order valence-corrected chi connectivity index (χ1v) is 9.19. The number of carbonyl (C=O) groups excluding carboxylic acids is 1. The number of hydrogen-bond acceptors (Lipinski definition) is 5. The number of carbonyl (C=O) groups is 1. The van der Waals surface area contributed by atoms with Gasteiger partial charge in [0.25, 0.3) is 0 Å². The smallest absolute Gasteiger partial charge is 0.223 e. The minimum Gasteiger partial charge on any atom is -0.342 e. The maximum atomic E-state index is 12.6. The topological polar surface area (TPSA) is 62.2 Å². The Kier molecular flexibility index (Phi) is 5.93. The van der Waals surface area contributed by atoms with Crippen LogP contribution >= 0.6 is 0 Å². The first-order chi connectivity index (χ1) is 12.5. The highest BCUT2D eigenvalue weighted by Crippen LogP contribution is 2.25. The van der Waals surface area contributed by atoms with E-state index in [2.05, 4.69) is 19.9 Å². The number of nitrogens with zero attached hydrogens (tertiary/aromatic N) is 5. The average Bonchev–Trinajstić information content (AvgIpc) is 3.10. The average molecular weight is 353 g/mol. The highest BCUT2D eigenvalue weighted by molar-refractivity contribution is 5.76. The summed E-state index contributed by atoms with van der Waals surface area (Å²) in [6.45, 7) is 7.00. The molecule has 1 aliphatic rings. The van der Waals surface area contributed by atoms with Crippen molar-refractivity contribution in [3.05, 3.63) is 53.4 Å². The number of rotatable bonds is 6. The van der Waals surface area contributed by atoms with Crippen LogP contribution < -0.4 is 0 Å². The van der Waals surface area contributed by atoms with Crippen LogP contribution in [0.15, 0.2) is 30.5 Å². The van der Waals surface area contributed by atoms with Crippen LogP contribution in [-0.4, -0.2) is 57.3 Å². The summed E-state index contributed by atoms with van der Waals surface area (Å²) in [5.74, 6) is 1.35. The maximum Gasteiger partial charge on any atom is 0.223 e. The van der Waals surface area contributed by atoms with Crippen LogP contribution in [-0.2, 0) is 11.3 Å². The Morgan fingerprint density at radius 2 is 2.04 bits per heavy atom. The highest BCUT2D eigenvalue weighted by Gasteiger charge is 2.29. The fraction of sp³-hybridized carbons (Fsp3) is 0.500. The lowest BCUT2D eigenvalue weighted by molar-refractivity contribution is -0.130. The van der Waals surface area contributed by atoms with Crippen LogP contribution in [0.1, 0.15) is 41.7 Å². The van der Waals surface area contributed by atoms with E-state index in [4.69, 9.17) is 0 Å². The highest BCUT2D eigenvalue weighted by atomic mass is 16.2. The van der Waals surface area contributed by atoms with Gasteiger partial charge in [-0.25, -0.2) is 9.97 Å². The molecule has 1 fully saturated rings. The van der Waals surface area contributed by atoms with Crippen LogP contribution in [0.5, 0.6) is 0 Å². The van der Waals surface area contributed by atoms with Gasteiger partial charge < -0.3 is 9.80 Å². The summed E-state index contributed by atoms with van der Waals surface area (Å²) in [7, 11) is 2.03. The monoisotopic (exact) mass is 353 g/mol. The molecule has 6 nitrogen and oxygen atoms in total. The third-order valence-electron chi connectivity index (χ3n) is 4.77. The van der Waals surface area contributed by atoms with Gasteiger partial charge >= 0.3 is 0 Å². The summed E-state index contributed by atoms with van der Waals surface area (Å²) < 4.78 is 0. The Labute approximate surface area is 155 Å². The van der Waals surface area contributed by atoms with Crippen LogP contribution in [0.25, 0.3) is 0 Å². The number of likely N-dealkylation sites (tertiary alicyclic amines) is 1. The number of aryl methyl sites for hydroxylation is 2. The summed E-state index contributed by atoms with van der Waals surface area (Å²) in [4.78, 5) is 30.1. The van der Waals surface area contributed by atoms with Crippen molar-refractivity contribution in [2.75, 3.05) is 26.7 Å². The molecule has 0 aliphatic carbocycles. The van der Waals surface area contributed by atoms with E-state index in [1.807, 2.05) is 50.1 Å². The molecule has 1 saturated heterocycles. The Morgan fingerprint density at radius 1 is 1.27 bits per heavy atom. The van der Waals surface area contributed by atoms with Crippen molar-refractivity contribution in [1.82, 2.24) is 24.8 Å². The predicted molar refractivity (Wildman–Crippen MR) is 101 cm³/mol. The second-order valence-electron chi connectivity index (χ2n) is 7.14. The lowest BCUT2D eigenvalue weighted by Crippen LogP contribution is -2.32. The molecule has 0 spiro atoms. The summed E-state index contributed by atoms with van der Waals surface area (Å²) in [6, 6.07) is 7.89. The van der Waals surface area contributed by atoms with Crippen LogP contribution in [0.2, 0.25) is 0 Å². The molecule has 0 bridgehead atoms. The molecular weight excluding hydrogens is 326 g/mol. The number of hydrogen-bond donors (Lipinski definition) is 0. The van der Waals surface area contributed by atoms with Crippen LogP contribution in [0.3, 0.4) is 0 Å². The number of aromatic nitrogens is 3. The Morgan fingerprint density at radius 3 is 2.73 bits per heavy atom. The van der Waals surface area contributed by atoms with Gasteiger partial charge in [0.05, 0.1) is 5.69 Å². The van der Waals surface area contributed by atoms with Gasteiger partial charge in [0, 0.05) is 56.1 Å². The normalized spacial score (nSPS) is 17.1. The molecule has 2 aromatic heterocycles. The van der Waals surface area contributed by atoms with Gasteiger partial charge in [-0.1, -0.05) is 6.07 Å². The van der Waals surface area contributed by atoms with Gasteiger partial charge in [0.2, 0.25) is 5.91 Å². The standard InChI is InChI=1S/C20H27N5O/c1-15-12-16(2)23-20(22-15)17-7-11-25(13-17)19(26)8-10-24(3)14-18-6-4-5-9-21-18/h4-6,9,12,17H,7-8,10-11,13-14H2,1-3H3. The molecule has 0 saturated carbocycles. The van der Waals surface area contributed by atoms with E-state index in [1.165, 1.54) is 0 Å². The predicted octanol–water partition coefficient (Wildman–Crippen LogP) is 2.33. The molecule has 3 rings (SSSR count). The van der Waals surface area contributed by atoms with Crippen molar-refractivity contribution >= 4 is 5.91 Å². The molecule has 0 aromatic carbocycles. The Bertz CT molecular complexity index is 729. The zero-order valence-electron chi connectivity index (χ0n) is 15.9. The largest absolute Gasteiger partial charge is 0.342 e. The minimum atomic E-state index is 0.213. The summed E-state index contributed by atoms with van der Waals surface area (Å²) in [5.41, 5.74) is 3.01. The molecule has 1 atom stereocenters. The van der Waals surface area contributed by atoms with E-state index in [9.17, 15) is 4.79 Å². The molecule has 1 aliphatic heterocycles. The van der Waals surface area contributed by atoms with E-state index < -0.39 is 0 Å². The zero-order chi connectivity index (χ0) is 18.5. The maximum absolute atomic E-state index is 12.6. The quantitative estimate of drug-likeness (QED) is 0.798. The second-order valence-corrected chi connectivity index (χ2v) is 7.14. The van der Waals surface area contributed by atoms with E-state index >= 15 is 0 Å². The summed E-state index contributed by atoms with van der Waals surface area (Å²) in [6.07, 6.45) is 3.27. The molecule has 3 heterocycles. The van der Waals surface area contributed by atoms with Crippen molar-refractivity contribution in [1.29, 1.82) is 0 Å². The molecule has 6 heteroatoms. The van der Waals surface area contributed by atoms with Gasteiger partial charge in [0.15, 0.2) is 0 Å². The molecule has 2 aromatic rings. The van der Waals surface area contributed by atoms with Crippen LogP contribution in [0, 0.1) is 13.8 Å². The first-order valence-electron chi connectivity index (χ1n) is 9.19. The van der Waals surface area contributed by atoms with E-state index in [0.717, 1.165) is 55.5 Å². The van der Waals surface area contributed by atoms with Crippen molar-refractivity contribution in [3.63, 3.8) is 0 Å². The molecule has 0 radical (unpaired) electrons. The van der Waals surface area contributed by atoms with Crippen LogP contribution in [0.4, 0.5) is 0 Å². The molecule has 1 unspecified atom stereocenters. The minimum absolute atomic E-state index is 0.213. The lowest BCUT2D eigenvalue weighted by atomic mass is 10.1. The summed E-state index contributed by atoms with van der Waals surface area (Å²) in [5, 5.41) is 0. The Hall–Kier alpha value is -2.34. The number of pyridine rings is 1. The van der Waals surface area contributed by atoms with Crippen molar-refractivity contribution < 1.29 is 4.79 Å². The fourth-order valence-electron chi connectivity index (χ4n) is 3.43. The molecular formula is C20H27N5O. The lowest BCUT2D eigenvalue weighted by Gasteiger charge is -2.20. The third kappa shape index (κ3) is 4.85. The van der Waals surface area contributed by atoms with Crippen molar-refractivity contribution in [2.24, 2.45) is 0 Å². The third-order valence-corrected chi connectivity index (χ3v) is 4.77. The SMILES string of the molecule is Cc1cc(C)nc(C2CCN(C(=O)CCN(C)Cc3ccccn3)C2)n1. The second kappa shape index (κ2) is 8.36. The van der Waals surface area contributed by atoms with E-state index in [0.29, 0.717) is 6.42 Å². The fourth-order valence-corrected chi connectivity index (χ4v) is 3.43. The summed E-state index contributed by atoms with van der Waals surface area (Å²) >= 11 is 0. The molecule has 0 N–H and O–H groups in total. The van der Waals surface area contributed by atoms with Gasteiger partial charge in [0.1, 0.15) is 5.82 Å².